The molecule has 18 rings (SSSR count). The summed E-state index contributed by atoms with van der Waals surface area (Å²) in [5.41, 5.74) is 21.4. The van der Waals surface area contributed by atoms with E-state index in [0.717, 1.165) is 51.9 Å². The predicted octanol–water partition coefficient (Wildman–Crippen LogP) is 25.2. The third-order valence-electron chi connectivity index (χ3n) is 23.1. The first-order chi connectivity index (χ1) is 50.9. The van der Waals surface area contributed by atoms with Crippen molar-refractivity contribution in [2.45, 2.75) is 242 Å². The summed E-state index contributed by atoms with van der Waals surface area (Å²) in [6, 6.07) is 72.9. The van der Waals surface area contributed by atoms with E-state index in [1.54, 1.807) is 0 Å². The number of rotatable bonds is 19. The van der Waals surface area contributed by atoms with Crippen LogP contribution in [-0.2, 0) is 106 Å². The summed E-state index contributed by atoms with van der Waals surface area (Å²) in [5, 5.41) is 16.9. The average molecular weight is 1400 g/mol. The maximum atomic E-state index is 6.25. The normalized spacial score (nSPS) is 17.0. The number of hydrogen-bond donors (Lipinski definition) is 0. The molecule has 0 N–H and O–H groups in total. The molecular weight excluding hydrogens is 1290 g/mol. The molecule has 0 bridgehead atoms. The highest BCUT2D eigenvalue weighted by Crippen LogP contribution is 2.44. The van der Waals surface area contributed by atoms with Crippen LogP contribution in [-0.4, -0.2) is 36.6 Å². The van der Waals surface area contributed by atoms with E-state index in [-0.39, 0.29) is 30.5 Å². The summed E-state index contributed by atoms with van der Waals surface area (Å²) >= 11 is 0. The van der Waals surface area contributed by atoms with Crippen LogP contribution in [0.25, 0.3) is 64.6 Å². The number of benzene rings is 12. The van der Waals surface area contributed by atoms with Crippen LogP contribution >= 0.6 is 0 Å². The quantitative estimate of drug-likeness (QED) is 0.0804. The number of aryl methyl sites for hydroxylation is 6. The van der Waals surface area contributed by atoms with Crippen LogP contribution < -0.4 is 0 Å². The summed E-state index contributed by atoms with van der Waals surface area (Å²) in [6.07, 6.45) is 15.0. The lowest BCUT2D eigenvalue weighted by atomic mass is 10.0. The Balaban J connectivity index is 0.000000112. The van der Waals surface area contributed by atoms with Crippen LogP contribution in [0.5, 0.6) is 0 Å². The van der Waals surface area contributed by atoms with Gasteiger partial charge in [-0.3, -0.25) is 0 Å². The van der Waals surface area contributed by atoms with Crippen molar-refractivity contribution in [2.24, 2.45) is 11.8 Å². The average Bonchev–Trinajstić information content (AvgIpc) is 1.74. The molecule has 0 aromatic heterocycles. The summed E-state index contributed by atoms with van der Waals surface area (Å²) in [6.45, 7) is 32.4. The molecule has 6 aliphatic rings. The molecule has 0 fully saturated rings. The Morgan fingerprint density at radius 3 is 0.943 bits per heavy atom. The van der Waals surface area contributed by atoms with Crippen molar-refractivity contribution >= 4 is 64.6 Å². The Labute approximate surface area is 627 Å². The van der Waals surface area contributed by atoms with Gasteiger partial charge in [0.15, 0.2) is 0 Å². The van der Waals surface area contributed by atoms with E-state index in [9.17, 15) is 0 Å². The molecule has 0 radical (unpaired) electrons. The fourth-order valence-electron chi connectivity index (χ4n) is 16.4. The van der Waals surface area contributed by atoms with Gasteiger partial charge in [0.2, 0.25) is 0 Å². The monoisotopic (exact) mass is 1400 g/mol. The molecule has 0 spiro atoms. The van der Waals surface area contributed by atoms with Gasteiger partial charge >= 0.3 is 0 Å². The van der Waals surface area contributed by atoms with Gasteiger partial charge in [-0.15, -0.1) is 0 Å². The maximum Gasteiger partial charge on any atom is 0.0875 e. The van der Waals surface area contributed by atoms with Crippen LogP contribution in [0.15, 0.2) is 200 Å². The second-order valence-electron chi connectivity index (χ2n) is 31.6. The topological polar surface area (TPSA) is 55.4 Å². The minimum atomic E-state index is 0.239. The summed E-state index contributed by atoms with van der Waals surface area (Å²) < 4.78 is 36.0. The second-order valence-corrected chi connectivity index (χ2v) is 31.6. The van der Waals surface area contributed by atoms with Crippen molar-refractivity contribution in [3.05, 3.63) is 284 Å². The van der Waals surface area contributed by atoms with Gasteiger partial charge < -0.3 is 28.4 Å². The molecule has 0 heterocycles. The van der Waals surface area contributed by atoms with E-state index in [0.29, 0.717) is 36.3 Å². The van der Waals surface area contributed by atoms with Gasteiger partial charge in [-0.05, 0) is 267 Å². The number of hydrogen-bond acceptors (Lipinski definition) is 6. The molecule has 12 aromatic carbocycles. The predicted molar refractivity (Wildman–Crippen MR) is 441 cm³/mol. The highest BCUT2D eigenvalue weighted by molar-refractivity contribution is 5.96. The zero-order chi connectivity index (χ0) is 73.4. The van der Waals surface area contributed by atoms with Gasteiger partial charge in [0.1, 0.15) is 0 Å². The lowest BCUT2D eigenvalue weighted by molar-refractivity contribution is -0.0234. The van der Waals surface area contributed by atoms with Gasteiger partial charge in [0, 0.05) is 19.3 Å². The van der Waals surface area contributed by atoms with E-state index >= 15 is 0 Å². The molecule has 6 aliphatic carbocycles. The first kappa shape index (κ1) is 75.2. The zero-order valence-corrected chi connectivity index (χ0v) is 65.3. The molecule has 7 atom stereocenters. The summed E-state index contributed by atoms with van der Waals surface area (Å²) in [4.78, 5) is 0. The van der Waals surface area contributed by atoms with Crippen LogP contribution in [0.4, 0.5) is 0 Å². The van der Waals surface area contributed by atoms with Crippen molar-refractivity contribution < 1.29 is 28.4 Å². The SMILES string of the molecule is CC(C)C(C)OC1Cc2cccc3cccc1c23.CC(C)C(C)OCc1ccc2c3c(cccc13)CC2.CC(C)OC1Cc2cccc3cccc1c23.CC(C)OCc1ccc2c3c(cccc13)CC2.CCC(C)OC1Cc2cccc3cccc1c23.CCC(C)OCc1ccc2c3c(cccc13)CC2. The molecule has 7 unspecified atom stereocenters. The molecular formula is C99H114O6. The van der Waals surface area contributed by atoms with Gasteiger partial charge in [-0.2, -0.15) is 0 Å². The fraction of sp³-hybridized carbons (Fsp3) is 0.394. The minimum absolute atomic E-state index is 0.239. The van der Waals surface area contributed by atoms with Gasteiger partial charge in [-0.25, -0.2) is 0 Å². The Morgan fingerprint density at radius 2 is 0.590 bits per heavy atom. The Kier molecular flexibility index (Phi) is 24.5. The van der Waals surface area contributed by atoms with Gasteiger partial charge in [0.05, 0.1) is 74.8 Å². The maximum absolute atomic E-state index is 6.25. The van der Waals surface area contributed by atoms with Crippen molar-refractivity contribution in [3.8, 4) is 0 Å². The molecule has 0 aliphatic heterocycles. The van der Waals surface area contributed by atoms with Crippen molar-refractivity contribution in [3.63, 3.8) is 0 Å². The van der Waals surface area contributed by atoms with E-state index in [2.05, 4.69) is 297 Å². The Morgan fingerprint density at radius 1 is 0.276 bits per heavy atom. The summed E-state index contributed by atoms with van der Waals surface area (Å²) in [5.74, 6) is 1.13. The van der Waals surface area contributed by atoms with E-state index < -0.39 is 0 Å². The molecule has 6 heteroatoms. The standard InChI is InChI=1S/C18H22O.2C17H20O.2C16H18O.C15H16O/c1-12(2)13(3)19-11-16-10-9-15-8-7-14-5-4-6-17(16)18(14)15;1-11(2)12(3)18-16-10-14-8-4-6-13-7-5-9-15(16)17(13)14;1-3-12(2)18-11-15-10-9-14-8-7-13-5-4-6-16(15)17(13)14;1-11(2)17-10-14-9-8-13-7-6-12-4-3-5-15(14)16(12)13;1-3-11(2)17-15-10-13-8-4-6-12-7-5-9-14(15)16(12)13;1-10(2)16-14-9-12-7-3-5-11-6-4-8-13(14)15(11)12/h4-6,9-10,12-13H,7-8,11H2,1-3H3;4-9,11-12,16H,10H2,1-3H3;4-6,9-10,12H,3,7-8,11H2,1-2H3;3-5,8-9,11H,6-7,10H2,1-2H3;4-9,11,15H,3,10H2,1-2H3;3-8,10,14H,9H2,1-2H3. The molecule has 6 nitrogen and oxygen atoms in total. The lowest BCUT2D eigenvalue weighted by Crippen LogP contribution is -2.18. The summed E-state index contributed by atoms with van der Waals surface area (Å²) in [7, 11) is 0. The molecule has 546 valence electrons. The third kappa shape index (κ3) is 17.0. The highest BCUT2D eigenvalue weighted by Gasteiger charge is 2.30. The zero-order valence-electron chi connectivity index (χ0n) is 65.3. The van der Waals surface area contributed by atoms with Crippen molar-refractivity contribution in [1.29, 1.82) is 0 Å². The first-order valence-electron chi connectivity index (χ1n) is 39.8. The molecule has 0 saturated heterocycles. The lowest BCUT2D eigenvalue weighted by Gasteiger charge is -2.22. The van der Waals surface area contributed by atoms with Crippen molar-refractivity contribution in [1.82, 2.24) is 0 Å². The Bertz CT molecular complexity index is 4930. The largest absolute Gasteiger partial charge is 0.374 e. The van der Waals surface area contributed by atoms with E-state index in [4.69, 9.17) is 28.4 Å². The molecule has 105 heavy (non-hydrogen) atoms. The highest BCUT2D eigenvalue weighted by atomic mass is 16.5. The van der Waals surface area contributed by atoms with Crippen molar-refractivity contribution in [2.75, 3.05) is 0 Å². The van der Waals surface area contributed by atoms with Gasteiger partial charge in [0.25, 0.3) is 0 Å². The Hall–Kier alpha value is -8.04. The van der Waals surface area contributed by atoms with Gasteiger partial charge in [-0.1, -0.05) is 242 Å². The number of ether oxygens (including phenoxy) is 6. The third-order valence-corrected chi connectivity index (χ3v) is 23.1. The smallest absolute Gasteiger partial charge is 0.0875 e. The second kappa shape index (κ2) is 34.2. The van der Waals surface area contributed by atoms with Crippen LogP contribution in [0, 0.1) is 11.8 Å². The first-order valence-corrected chi connectivity index (χ1v) is 39.8. The van der Waals surface area contributed by atoms with Crippen LogP contribution in [0.2, 0.25) is 0 Å². The molecule has 0 saturated carbocycles. The van der Waals surface area contributed by atoms with E-state index in [1.165, 1.54) is 187 Å². The van der Waals surface area contributed by atoms with Crippen LogP contribution in [0.1, 0.15) is 212 Å². The molecule has 12 aromatic rings. The minimum Gasteiger partial charge on any atom is -0.374 e. The fourth-order valence-corrected chi connectivity index (χ4v) is 16.4. The van der Waals surface area contributed by atoms with E-state index in [1.807, 2.05) is 0 Å². The van der Waals surface area contributed by atoms with Crippen LogP contribution in [0.3, 0.4) is 0 Å². The molecule has 0 amide bonds.